The SMILES string of the molecule is Cc1ccc(C(=O)COc2ccc(C)nc2)cc1. The molecule has 0 N–H and O–H groups in total. The zero-order valence-corrected chi connectivity index (χ0v) is 10.5. The van der Waals surface area contributed by atoms with Gasteiger partial charge in [0.15, 0.2) is 12.4 Å². The number of ether oxygens (including phenoxy) is 1. The molecule has 0 aliphatic rings. The normalized spacial score (nSPS) is 10.1. The average molecular weight is 241 g/mol. The molecule has 0 spiro atoms. The number of aromatic nitrogens is 1. The van der Waals surface area contributed by atoms with Gasteiger partial charge in [-0.1, -0.05) is 29.8 Å². The molecule has 3 nitrogen and oxygen atoms in total. The predicted octanol–water partition coefficient (Wildman–Crippen LogP) is 2.96. The van der Waals surface area contributed by atoms with Crippen LogP contribution in [0.1, 0.15) is 21.6 Å². The first kappa shape index (κ1) is 12.3. The Balaban J connectivity index is 1.96. The lowest BCUT2D eigenvalue weighted by atomic mass is 10.1. The van der Waals surface area contributed by atoms with Gasteiger partial charge in [0, 0.05) is 11.3 Å². The van der Waals surface area contributed by atoms with Crippen LogP contribution in [0.2, 0.25) is 0 Å². The zero-order chi connectivity index (χ0) is 13.0. The molecule has 0 bridgehead atoms. The minimum absolute atomic E-state index is 0.0319. The molecular formula is C15H15NO2. The first-order chi connectivity index (χ1) is 8.65. The van der Waals surface area contributed by atoms with Crippen molar-refractivity contribution in [1.29, 1.82) is 0 Å². The Morgan fingerprint density at radius 2 is 1.83 bits per heavy atom. The first-order valence-electron chi connectivity index (χ1n) is 5.80. The van der Waals surface area contributed by atoms with E-state index in [1.165, 1.54) is 0 Å². The lowest BCUT2D eigenvalue weighted by Gasteiger charge is -2.05. The number of hydrogen-bond acceptors (Lipinski definition) is 3. The van der Waals surface area contributed by atoms with Crippen LogP contribution in [0.5, 0.6) is 5.75 Å². The number of benzene rings is 1. The molecule has 2 aromatic rings. The first-order valence-corrected chi connectivity index (χ1v) is 5.80. The average Bonchev–Trinajstić information content (AvgIpc) is 2.38. The molecule has 1 aromatic carbocycles. The summed E-state index contributed by atoms with van der Waals surface area (Å²) in [6.07, 6.45) is 1.62. The van der Waals surface area contributed by atoms with Crippen LogP contribution in [-0.4, -0.2) is 17.4 Å². The number of ketones is 1. The highest BCUT2D eigenvalue weighted by atomic mass is 16.5. The van der Waals surface area contributed by atoms with E-state index >= 15 is 0 Å². The van der Waals surface area contributed by atoms with Crippen LogP contribution in [0.15, 0.2) is 42.6 Å². The topological polar surface area (TPSA) is 39.2 Å². The van der Waals surface area contributed by atoms with E-state index in [0.29, 0.717) is 11.3 Å². The van der Waals surface area contributed by atoms with Crippen molar-refractivity contribution >= 4 is 5.78 Å². The van der Waals surface area contributed by atoms with E-state index in [-0.39, 0.29) is 12.4 Å². The Hall–Kier alpha value is -2.16. The third-order valence-electron chi connectivity index (χ3n) is 2.63. The third kappa shape index (κ3) is 3.17. The molecule has 0 saturated heterocycles. The summed E-state index contributed by atoms with van der Waals surface area (Å²) in [6, 6.07) is 11.1. The number of carbonyl (C=O) groups is 1. The molecular weight excluding hydrogens is 226 g/mol. The van der Waals surface area contributed by atoms with Crippen LogP contribution in [0.4, 0.5) is 0 Å². The summed E-state index contributed by atoms with van der Waals surface area (Å²) < 4.78 is 5.40. The zero-order valence-electron chi connectivity index (χ0n) is 10.5. The lowest BCUT2D eigenvalue weighted by Crippen LogP contribution is -2.11. The maximum atomic E-state index is 11.9. The van der Waals surface area contributed by atoms with E-state index in [1.807, 2.05) is 50.2 Å². The van der Waals surface area contributed by atoms with E-state index in [1.54, 1.807) is 6.20 Å². The molecule has 1 heterocycles. The van der Waals surface area contributed by atoms with Crippen molar-refractivity contribution in [3.8, 4) is 5.75 Å². The van der Waals surface area contributed by atoms with Crippen molar-refractivity contribution in [2.75, 3.05) is 6.61 Å². The highest BCUT2D eigenvalue weighted by Gasteiger charge is 2.06. The Bertz CT molecular complexity index is 529. The van der Waals surface area contributed by atoms with Gasteiger partial charge in [0.25, 0.3) is 0 Å². The summed E-state index contributed by atoms with van der Waals surface area (Å²) in [4.78, 5) is 16.0. The van der Waals surface area contributed by atoms with Gasteiger partial charge >= 0.3 is 0 Å². The van der Waals surface area contributed by atoms with Gasteiger partial charge in [-0.05, 0) is 26.0 Å². The number of carbonyl (C=O) groups excluding carboxylic acids is 1. The Morgan fingerprint density at radius 3 is 2.44 bits per heavy atom. The number of rotatable bonds is 4. The Morgan fingerprint density at radius 1 is 1.11 bits per heavy atom. The minimum Gasteiger partial charge on any atom is -0.484 e. The summed E-state index contributed by atoms with van der Waals surface area (Å²) in [5.74, 6) is 0.580. The fourth-order valence-electron chi connectivity index (χ4n) is 1.51. The van der Waals surface area contributed by atoms with Gasteiger partial charge in [0.1, 0.15) is 5.75 Å². The summed E-state index contributed by atoms with van der Waals surface area (Å²) in [7, 11) is 0. The van der Waals surface area contributed by atoms with Crippen LogP contribution < -0.4 is 4.74 Å². The lowest BCUT2D eigenvalue weighted by molar-refractivity contribution is 0.0921. The van der Waals surface area contributed by atoms with Gasteiger partial charge in [0.05, 0.1) is 6.20 Å². The molecule has 92 valence electrons. The highest BCUT2D eigenvalue weighted by Crippen LogP contribution is 2.10. The van der Waals surface area contributed by atoms with Crippen LogP contribution in [-0.2, 0) is 0 Å². The van der Waals surface area contributed by atoms with Gasteiger partial charge in [-0.25, -0.2) is 0 Å². The second kappa shape index (κ2) is 5.45. The molecule has 0 radical (unpaired) electrons. The molecule has 0 unspecified atom stereocenters. The van der Waals surface area contributed by atoms with Crippen LogP contribution >= 0.6 is 0 Å². The van der Waals surface area contributed by atoms with Crippen LogP contribution in [0.3, 0.4) is 0 Å². The van der Waals surface area contributed by atoms with Gasteiger partial charge in [-0.3, -0.25) is 9.78 Å². The smallest absolute Gasteiger partial charge is 0.200 e. The molecule has 0 saturated carbocycles. The van der Waals surface area contributed by atoms with Crippen molar-refractivity contribution < 1.29 is 9.53 Å². The van der Waals surface area contributed by atoms with E-state index in [4.69, 9.17) is 4.74 Å². The second-order valence-corrected chi connectivity index (χ2v) is 4.21. The van der Waals surface area contributed by atoms with Gasteiger partial charge < -0.3 is 4.74 Å². The van der Waals surface area contributed by atoms with E-state index in [2.05, 4.69) is 4.98 Å². The summed E-state index contributed by atoms with van der Waals surface area (Å²) in [5, 5.41) is 0. The fourth-order valence-corrected chi connectivity index (χ4v) is 1.51. The minimum atomic E-state index is -0.0319. The molecule has 2 rings (SSSR count). The van der Waals surface area contributed by atoms with Crippen molar-refractivity contribution in [1.82, 2.24) is 4.98 Å². The number of nitrogens with zero attached hydrogens (tertiary/aromatic N) is 1. The second-order valence-electron chi connectivity index (χ2n) is 4.21. The van der Waals surface area contributed by atoms with Crippen LogP contribution in [0.25, 0.3) is 0 Å². The van der Waals surface area contributed by atoms with E-state index in [0.717, 1.165) is 11.3 Å². The molecule has 0 amide bonds. The van der Waals surface area contributed by atoms with Crippen molar-refractivity contribution in [3.05, 3.63) is 59.4 Å². The maximum Gasteiger partial charge on any atom is 0.200 e. The highest BCUT2D eigenvalue weighted by molar-refractivity contribution is 5.97. The Labute approximate surface area is 106 Å². The van der Waals surface area contributed by atoms with Gasteiger partial charge in [-0.2, -0.15) is 0 Å². The standard InChI is InChI=1S/C15H15NO2/c1-11-3-6-13(7-4-11)15(17)10-18-14-8-5-12(2)16-9-14/h3-9H,10H2,1-2H3. The molecule has 0 atom stereocenters. The monoisotopic (exact) mass is 241 g/mol. The van der Waals surface area contributed by atoms with E-state index in [9.17, 15) is 4.79 Å². The van der Waals surface area contributed by atoms with Crippen molar-refractivity contribution in [3.63, 3.8) is 0 Å². The van der Waals surface area contributed by atoms with Gasteiger partial charge in [-0.15, -0.1) is 0 Å². The van der Waals surface area contributed by atoms with Gasteiger partial charge in [0.2, 0.25) is 0 Å². The molecule has 1 aromatic heterocycles. The van der Waals surface area contributed by atoms with Crippen molar-refractivity contribution in [2.45, 2.75) is 13.8 Å². The molecule has 0 aliphatic heterocycles. The maximum absolute atomic E-state index is 11.9. The summed E-state index contributed by atoms with van der Waals surface area (Å²) >= 11 is 0. The summed E-state index contributed by atoms with van der Waals surface area (Å²) in [5.41, 5.74) is 2.73. The fraction of sp³-hybridized carbons (Fsp3) is 0.200. The molecule has 18 heavy (non-hydrogen) atoms. The quantitative estimate of drug-likeness (QED) is 0.772. The largest absolute Gasteiger partial charge is 0.484 e. The van der Waals surface area contributed by atoms with Crippen LogP contribution in [0, 0.1) is 13.8 Å². The number of Topliss-reactive ketones (excluding diaryl/α,β-unsaturated/α-hetero) is 1. The third-order valence-corrected chi connectivity index (χ3v) is 2.63. The molecule has 3 heteroatoms. The summed E-state index contributed by atoms with van der Waals surface area (Å²) in [6.45, 7) is 3.93. The Kier molecular flexibility index (Phi) is 3.72. The molecule has 0 aliphatic carbocycles. The molecule has 0 fully saturated rings. The van der Waals surface area contributed by atoms with E-state index < -0.39 is 0 Å². The predicted molar refractivity (Wildman–Crippen MR) is 70.0 cm³/mol. The number of hydrogen-bond donors (Lipinski definition) is 0. The number of aryl methyl sites for hydroxylation is 2. The van der Waals surface area contributed by atoms with Crippen molar-refractivity contribution in [2.24, 2.45) is 0 Å². The number of pyridine rings is 1.